The SMILES string of the molecule is CCc1cc(Br)ccc1CI. The van der Waals surface area contributed by atoms with Gasteiger partial charge in [0.15, 0.2) is 0 Å². The molecular weight excluding hydrogens is 315 g/mol. The Hall–Kier alpha value is 0.430. The molecular formula is C9H10BrI. The van der Waals surface area contributed by atoms with E-state index in [4.69, 9.17) is 0 Å². The molecule has 0 aliphatic carbocycles. The van der Waals surface area contributed by atoms with Gasteiger partial charge in [0.1, 0.15) is 0 Å². The van der Waals surface area contributed by atoms with E-state index in [2.05, 4.69) is 63.6 Å². The minimum atomic E-state index is 1.11. The molecule has 0 heterocycles. The summed E-state index contributed by atoms with van der Waals surface area (Å²) in [7, 11) is 0. The molecule has 0 spiro atoms. The summed E-state index contributed by atoms with van der Waals surface area (Å²) in [5.74, 6) is 0. The highest BCUT2D eigenvalue weighted by Crippen LogP contribution is 2.19. The van der Waals surface area contributed by atoms with E-state index >= 15 is 0 Å². The molecule has 0 aromatic heterocycles. The van der Waals surface area contributed by atoms with Crippen LogP contribution in [0.1, 0.15) is 18.1 Å². The van der Waals surface area contributed by atoms with Crippen LogP contribution < -0.4 is 0 Å². The normalized spacial score (nSPS) is 10.1. The van der Waals surface area contributed by atoms with Gasteiger partial charge in [-0.1, -0.05) is 51.5 Å². The number of hydrogen-bond donors (Lipinski definition) is 0. The summed E-state index contributed by atoms with van der Waals surface area (Å²) in [6.07, 6.45) is 1.12. The van der Waals surface area contributed by atoms with Crippen molar-refractivity contribution in [2.45, 2.75) is 17.8 Å². The van der Waals surface area contributed by atoms with Crippen LogP contribution in [0.4, 0.5) is 0 Å². The molecule has 0 bridgehead atoms. The molecule has 0 nitrogen and oxygen atoms in total. The van der Waals surface area contributed by atoms with Gasteiger partial charge in [0.25, 0.3) is 0 Å². The van der Waals surface area contributed by atoms with Crippen molar-refractivity contribution in [1.29, 1.82) is 0 Å². The molecule has 0 saturated heterocycles. The van der Waals surface area contributed by atoms with Crippen molar-refractivity contribution in [1.82, 2.24) is 0 Å². The average molecular weight is 325 g/mol. The third-order valence-corrected chi connectivity index (χ3v) is 3.01. The predicted octanol–water partition coefficient (Wildman–Crippen LogP) is 3.95. The highest BCUT2D eigenvalue weighted by Gasteiger charge is 1.98. The minimum Gasteiger partial charge on any atom is -0.0812 e. The van der Waals surface area contributed by atoms with E-state index in [1.165, 1.54) is 15.6 Å². The molecule has 1 aromatic rings. The molecule has 0 aliphatic heterocycles. The smallest absolute Gasteiger partial charge is 0.0249 e. The van der Waals surface area contributed by atoms with Crippen LogP contribution in [-0.4, -0.2) is 0 Å². The number of hydrogen-bond acceptors (Lipinski definition) is 0. The van der Waals surface area contributed by atoms with Crippen LogP contribution in [0.5, 0.6) is 0 Å². The molecule has 11 heavy (non-hydrogen) atoms. The maximum Gasteiger partial charge on any atom is 0.0249 e. The van der Waals surface area contributed by atoms with Gasteiger partial charge < -0.3 is 0 Å². The first kappa shape index (κ1) is 9.52. The Morgan fingerprint density at radius 2 is 2.09 bits per heavy atom. The first-order valence-electron chi connectivity index (χ1n) is 3.61. The molecule has 1 rings (SSSR count). The summed E-state index contributed by atoms with van der Waals surface area (Å²) in [6.45, 7) is 2.19. The molecule has 0 atom stereocenters. The van der Waals surface area contributed by atoms with Crippen LogP contribution in [0.25, 0.3) is 0 Å². The van der Waals surface area contributed by atoms with Gasteiger partial charge in [-0.25, -0.2) is 0 Å². The molecule has 1 aromatic carbocycles. The lowest BCUT2D eigenvalue weighted by molar-refractivity contribution is 1.10. The van der Waals surface area contributed by atoms with Crippen LogP contribution in [0, 0.1) is 0 Å². The molecule has 0 radical (unpaired) electrons. The number of benzene rings is 1. The van der Waals surface area contributed by atoms with Crippen LogP contribution in [0.3, 0.4) is 0 Å². The molecule has 0 aliphatic rings. The Bertz CT molecular complexity index is 245. The summed E-state index contributed by atoms with van der Waals surface area (Å²) in [4.78, 5) is 0. The summed E-state index contributed by atoms with van der Waals surface area (Å²) in [5, 5.41) is 0. The fraction of sp³-hybridized carbons (Fsp3) is 0.333. The van der Waals surface area contributed by atoms with Crippen molar-refractivity contribution in [3.05, 3.63) is 33.8 Å². The van der Waals surface area contributed by atoms with Crippen molar-refractivity contribution in [2.75, 3.05) is 0 Å². The largest absolute Gasteiger partial charge is 0.0812 e. The molecule has 60 valence electrons. The van der Waals surface area contributed by atoms with Crippen molar-refractivity contribution in [3.63, 3.8) is 0 Å². The second kappa shape index (κ2) is 4.45. The van der Waals surface area contributed by atoms with Gasteiger partial charge in [0, 0.05) is 8.90 Å². The molecule has 0 amide bonds. The van der Waals surface area contributed by atoms with Crippen LogP contribution in [-0.2, 0) is 10.8 Å². The Morgan fingerprint density at radius 3 is 2.64 bits per heavy atom. The summed E-state index contributed by atoms with van der Waals surface area (Å²) < 4.78 is 2.29. The second-order valence-electron chi connectivity index (χ2n) is 2.40. The molecule has 0 N–H and O–H groups in total. The van der Waals surface area contributed by atoms with Gasteiger partial charge in [0.05, 0.1) is 0 Å². The standard InChI is InChI=1S/C9H10BrI/c1-2-7-5-9(10)4-3-8(7)6-11/h3-5H,2,6H2,1H3. The van der Waals surface area contributed by atoms with Gasteiger partial charge in [-0.15, -0.1) is 0 Å². The fourth-order valence-corrected chi connectivity index (χ4v) is 2.21. The van der Waals surface area contributed by atoms with Crippen molar-refractivity contribution >= 4 is 38.5 Å². The number of rotatable bonds is 2. The zero-order valence-electron chi connectivity index (χ0n) is 6.40. The lowest BCUT2D eigenvalue weighted by Crippen LogP contribution is -1.88. The Morgan fingerprint density at radius 1 is 1.36 bits per heavy atom. The Balaban J connectivity index is 3.06. The van der Waals surface area contributed by atoms with Gasteiger partial charge in [-0.2, -0.15) is 0 Å². The first-order valence-corrected chi connectivity index (χ1v) is 5.93. The zero-order chi connectivity index (χ0) is 8.27. The molecule has 0 saturated carbocycles. The summed E-state index contributed by atoms with van der Waals surface area (Å²) >= 11 is 5.86. The third-order valence-electron chi connectivity index (χ3n) is 1.69. The van der Waals surface area contributed by atoms with E-state index in [0.717, 1.165) is 10.8 Å². The fourth-order valence-electron chi connectivity index (χ4n) is 1.05. The lowest BCUT2D eigenvalue weighted by Gasteiger charge is -2.04. The maximum absolute atomic E-state index is 3.46. The average Bonchev–Trinajstić information content (AvgIpc) is 2.04. The monoisotopic (exact) mass is 324 g/mol. The zero-order valence-corrected chi connectivity index (χ0v) is 10.1. The van der Waals surface area contributed by atoms with Crippen LogP contribution in [0.15, 0.2) is 22.7 Å². The Kier molecular flexibility index (Phi) is 3.85. The third kappa shape index (κ3) is 2.44. The van der Waals surface area contributed by atoms with E-state index in [9.17, 15) is 0 Å². The quantitative estimate of drug-likeness (QED) is 0.571. The van der Waals surface area contributed by atoms with Gasteiger partial charge in [-0.3, -0.25) is 0 Å². The highest BCUT2D eigenvalue weighted by atomic mass is 127. The van der Waals surface area contributed by atoms with Gasteiger partial charge >= 0.3 is 0 Å². The Labute approximate surface area is 89.7 Å². The van der Waals surface area contributed by atoms with Crippen molar-refractivity contribution in [3.8, 4) is 0 Å². The summed E-state index contributed by atoms with van der Waals surface area (Å²) in [5.41, 5.74) is 2.91. The topological polar surface area (TPSA) is 0 Å². The van der Waals surface area contributed by atoms with E-state index < -0.39 is 0 Å². The van der Waals surface area contributed by atoms with Crippen LogP contribution in [0.2, 0.25) is 0 Å². The minimum absolute atomic E-state index is 1.11. The summed E-state index contributed by atoms with van der Waals surface area (Å²) in [6, 6.07) is 6.50. The van der Waals surface area contributed by atoms with E-state index in [-0.39, 0.29) is 0 Å². The van der Waals surface area contributed by atoms with Crippen LogP contribution >= 0.6 is 38.5 Å². The molecule has 2 heteroatoms. The number of aryl methyl sites for hydroxylation is 1. The second-order valence-corrected chi connectivity index (χ2v) is 4.08. The molecule has 0 fully saturated rings. The molecule has 0 unspecified atom stereocenters. The number of alkyl halides is 1. The van der Waals surface area contributed by atoms with Gasteiger partial charge in [0.2, 0.25) is 0 Å². The first-order chi connectivity index (χ1) is 5.27. The van der Waals surface area contributed by atoms with E-state index in [1.807, 2.05) is 0 Å². The highest BCUT2D eigenvalue weighted by molar-refractivity contribution is 14.1. The van der Waals surface area contributed by atoms with E-state index in [0.29, 0.717) is 0 Å². The van der Waals surface area contributed by atoms with E-state index in [1.54, 1.807) is 0 Å². The van der Waals surface area contributed by atoms with Gasteiger partial charge in [-0.05, 0) is 29.7 Å². The maximum atomic E-state index is 3.46. The number of halogens is 2. The predicted molar refractivity (Wildman–Crippen MR) is 61.2 cm³/mol. The van der Waals surface area contributed by atoms with Crippen molar-refractivity contribution < 1.29 is 0 Å². The van der Waals surface area contributed by atoms with Crippen molar-refractivity contribution in [2.24, 2.45) is 0 Å². The lowest BCUT2D eigenvalue weighted by atomic mass is 10.1.